The summed E-state index contributed by atoms with van der Waals surface area (Å²) in [6.07, 6.45) is 2.58. The van der Waals surface area contributed by atoms with E-state index in [0.29, 0.717) is 11.0 Å². The summed E-state index contributed by atoms with van der Waals surface area (Å²) in [5.41, 5.74) is 1.29. The highest BCUT2D eigenvalue weighted by Crippen LogP contribution is 2.33. The van der Waals surface area contributed by atoms with Crippen molar-refractivity contribution in [3.63, 3.8) is 0 Å². The van der Waals surface area contributed by atoms with Gasteiger partial charge < -0.3 is 10.4 Å². The zero-order valence-corrected chi connectivity index (χ0v) is 15.3. The van der Waals surface area contributed by atoms with Crippen LogP contribution in [0.5, 0.6) is 0 Å². The lowest BCUT2D eigenvalue weighted by atomic mass is 9.92. The second kappa shape index (κ2) is 7.95. The number of carboxylic acids is 1. The number of aliphatic carboxylic acids is 1. The van der Waals surface area contributed by atoms with E-state index in [1.165, 1.54) is 34.4 Å². The van der Waals surface area contributed by atoms with Gasteiger partial charge in [0.2, 0.25) is 5.91 Å². The number of aryl methyl sites for hydroxylation is 1. The van der Waals surface area contributed by atoms with Gasteiger partial charge in [-0.15, -0.1) is 11.3 Å². The largest absolute Gasteiger partial charge is 0.481 e. The van der Waals surface area contributed by atoms with E-state index in [4.69, 9.17) is 5.11 Å². The number of amides is 1. The number of hydrogen-bond donors (Lipinski definition) is 2. The highest BCUT2D eigenvalue weighted by Gasteiger charge is 2.24. The van der Waals surface area contributed by atoms with Gasteiger partial charge in [-0.1, -0.05) is 25.1 Å². The Morgan fingerprint density at radius 1 is 1.38 bits per heavy atom. The van der Waals surface area contributed by atoms with E-state index in [1.54, 1.807) is 6.07 Å². The minimum absolute atomic E-state index is 0.103. The van der Waals surface area contributed by atoms with Crippen molar-refractivity contribution < 1.29 is 19.1 Å². The van der Waals surface area contributed by atoms with E-state index in [0.717, 1.165) is 25.0 Å². The molecule has 1 heterocycles. The fourth-order valence-electron chi connectivity index (χ4n) is 3.30. The normalized spacial score (nSPS) is 17.4. The number of nitrogens with zero attached hydrogens (tertiary/aromatic N) is 1. The Kier molecular flexibility index (Phi) is 5.66. The molecule has 1 aliphatic carbocycles. The molecule has 3 rings (SSSR count). The molecule has 2 aromatic rings. The van der Waals surface area contributed by atoms with Gasteiger partial charge in [-0.25, -0.2) is 9.37 Å². The first kappa shape index (κ1) is 18.5. The quantitative estimate of drug-likeness (QED) is 0.799. The van der Waals surface area contributed by atoms with E-state index in [1.807, 2.05) is 0 Å². The Morgan fingerprint density at radius 2 is 2.15 bits per heavy atom. The zero-order chi connectivity index (χ0) is 18.7. The molecule has 1 aromatic carbocycles. The van der Waals surface area contributed by atoms with Crippen LogP contribution >= 0.6 is 11.3 Å². The molecule has 0 saturated heterocycles. The molecule has 0 fully saturated rings. The molecule has 1 aliphatic rings. The van der Waals surface area contributed by atoms with Gasteiger partial charge >= 0.3 is 5.97 Å². The minimum atomic E-state index is -1.07. The number of rotatable bonds is 6. The van der Waals surface area contributed by atoms with Crippen LogP contribution in [-0.4, -0.2) is 22.0 Å². The molecule has 138 valence electrons. The molecule has 2 N–H and O–H groups in total. The summed E-state index contributed by atoms with van der Waals surface area (Å²) in [6.45, 7) is 2.20. The third-order valence-corrected chi connectivity index (χ3v) is 5.67. The maximum atomic E-state index is 14.0. The SMILES string of the molecule is CC1CCc2nc(NC(=O)CC(CC(=O)O)c3ccccc3F)sc2C1. The van der Waals surface area contributed by atoms with Gasteiger partial charge in [0.05, 0.1) is 12.1 Å². The van der Waals surface area contributed by atoms with Crippen LogP contribution in [0.15, 0.2) is 24.3 Å². The van der Waals surface area contributed by atoms with Gasteiger partial charge in [0.1, 0.15) is 5.82 Å². The van der Waals surface area contributed by atoms with Gasteiger partial charge in [0.15, 0.2) is 5.13 Å². The van der Waals surface area contributed by atoms with Crippen molar-refractivity contribution in [1.82, 2.24) is 4.98 Å². The van der Waals surface area contributed by atoms with Gasteiger partial charge in [-0.2, -0.15) is 0 Å². The molecule has 2 unspecified atom stereocenters. The molecule has 7 heteroatoms. The first-order valence-electron chi connectivity index (χ1n) is 8.67. The number of fused-ring (bicyclic) bond motifs is 1. The summed E-state index contributed by atoms with van der Waals surface area (Å²) in [5, 5.41) is 12.4. The summed E-state index contributed by atoms with van der Waals surface area (Å²) in [5.74, 6) is -2.01. The Balaban J connectivity index is 1.70. The van der Waals surface area contributed by atoms with E-state index < -0.39 is 17.7 Å². The fourth-order valence-corrected chi connectivity index (χ4v) is 4.48. The molecule has 1 aromatic heterocycles. The lowest BCUT2D eigenvalue weighted by Gasteiger charge is -2.15. The van der Waals surface area contributed by atoms with Crippen LogP contribution in [0.4, 0.5) is 9.52 Å². The molecule has 0 bridgehead atoms. The standard InChI is InChI=1S/C19H21FN2O3S/c1-11-6-7-15-16(8-11)26-19(21-15)22-17(23)9-12(10-18(24)25)13-4-2-3-5-14(13)20/h2-5,11-12H,6-10H2,1H3,(H,24,25)(H,21,22,23). The van der Waals surface area contributed by atoms with Crippen molar-refractivity contribution in [2.75, 3.05) is 5.32 Å². The number of hydrogen-bond acceptors (Lipinski definition) is 4. The second-order valence-corrected chi connectivity index (χ2v) is 7.89. The Hall–Kier alpha value is -2.28. The van der Waals surface area contributed by atoms with Crippen LogP contribution in [0.3, 0.4) is 0 Å². The van der Waals surface area contributed by atoms with Crippen molar-refractivity contribution in [2.45, 2.75) is 44.9 Å². The van der Waals surface area contributed by atoms with Crippen LogP contribution in [-0.2, 0) is 22.4 Å². The number of benzene rings is 1. The molecular weight excluding hydrogens is 355 g/mol. The van der Waals surface area contributed by atoms with Crippen LogP contribution in [0.25, 0.3) is 0 Å². The first-order chi connectivity index (χ1) is 12.4. The fraction of sp³-hybridized carbons (Fsp3) is 0.421. The number of thiazole rings is 1. The average molecular weight is 376 g/mol. The van der Waals surface area contributed by atoms with E-state index in [9.17, 15) is 14.0 Å². The lowest BCUT2D eigenvalue weighted by molar-refractivity contribution is -0.137. The number of nitrogens with one attached hydrogen (secondary N) is 1. The number of carbonyl (C=O) groups excluding carboxylic acids is 1. The zero-order valence-electron chi connectivity index (χ0n) is 14.5. The van der Waals surface area contributed by atoms with Crippen molar-refractivity contribution in [3.8, 4) is 0 Å². The second-order valence-electron chi connectivity index (χ2n) is 6.81. The van der Waals surface area contributed by atoms with Crippen LogP contribution in [0.2, 0.25) is 0 Å². The topological polar surface area (TPSA) is 79.3 Å². The molecule has 0 radical (unpaired) electrons. The van der Waals surface area contributed by atoms with E-state index in [2.05, 4.69) is 17.2 Å². The summed E-state index contributed by atoms with van der Waals surface area (Å²) in [4.78, 5) is 29.2. The van der Waals surface area contributed by atoms with Crippen molar-refractivity contribution in [3.05, 3.63) is 46.2 Å². The summed E-state index contributed by atoms with van der Waals surface area (Å²) in [6, 6.07) is 5.98. The predicted molar refractivity (Wildman–Crippen MR) is 97.9 cm³/mol. The molecule has 0 saturated carbocycles. The molecule has 26 heavy (non-hydrogen) atoms. The number of aromatic nitrogens is 1. The van der Waals surface area contributed by atoms with Crippen LogP contribution in [0, 0.1) is 11.7 Å². The molecule has 0 aliphatic heterocycles. The Labute approximate surface area is 155 Å². The van der Waals surface area contributed by atoms with Crippen molar-refractivity contribution >= 4 is 28.3 Å². The number of carboxylic acid groups (broad SMARTS) is 1. The van der Waals surface area contributed by atoms with Crippen LogP contribution in [0.1, 0.15) is 48.2 Å². The summed E-state index contributed by atoms with van der Waals surface area (Å²) in [7, 11) is 0. The molecule has 1 amide bonds. The predicted octanol–water partition coefficient (Wildman–Crippen LogP) is 3.99. The maximum absolute atomic E-state index is 14.0. The highest BCUT2D eigenvalue weighted by atomic mass is 32.1. The monoisotopic (exact) mass is 376 g/mol. The molecule has 0 spiro atoms. The van der Waals surface area contributed by atoms with Gasteiger partial charge in [-0.05, 0) is 36.8 Å². The number of halogens is 1. The van der Waals surface area contributed by atoms with Gasteiger partial charge in [0, 0.05) is 17.2 Å². The van der Waals surface area contributed by atoms with Gasteiger partial charge in [-0.3, -0.25) is 9.59 Å². The third kappa shape index (κ3) is 4.46. The van der Waals surface area contributed by atoms with Crippen molar-refractivity contribution in [1.29, 1.82) is 0 Å². The van der Waals surface area contributed by atoms with E-state index >= 15 is 0 Å². The first-order valence-corrected chi connectivity index (χ1v) is 9.48. The smallest absolute Gasteiger partial charge is 0.303 e. The van der Waals surface area contributed by atoms with Crippen LogP contribution < -0.4 is 5.32 Å². The Bertz CT molecular complexity index is 821. The Morgan fingerprint density at radius 3 is 2.88 bits per heavy atom. The summed E-state index contributed by atoms with van der Waals surface area (Å²) < 4.78 is 14.0. The molecular formula is C19H21FN2O3S. The maximum Gasteiger partial charge on any atom is 0.303 e. The third-order valence-electron chi connectivity index (χ3n) is 4.63. The minimum Gasteiger partial charge on any atom is -0.481 e. The molecule has 2 atom stereocenters. The lowest BCUT2D eigenvalue weighted by Crippen LogP contribution is -2.18. The van der Waals surface area contributed by atoms with E-state index in [-0.39, 0.29) is 24.3 Å². The van der Waals surface area contributed by atoms with Gasteiger partial charge in [0.25, 0.3) is 0 Å². The average Bonchev–Trinajstić information content (AvgIpc) is 2.95. The number of carbonyl (C=O) groups is 2. The van der Waals surface area contributed by atoms with Crippen molar-refractivity contribution in [2.24, 2.45) is 5.92 Å². The summed E-state index contributed by atoms with van der Waals surface area (Å²) >= 11 is 1.47. The number of anilines is 1. The highest BCUT2D eigenvalue weighted by molar-refractivity contribution is 7.15. The molecule has 5 nitrogen and oxygen atoms in total.